The van der Waals surface area contributed by atoms with Gasteiger partial charge in [0.2, 0.25) is 5.91 Å². The van der Waals surface area contributed by atoms with Gasteiger partial charge in [-0.15, -0.1) is 0 Å². The number of rotatable bonds is 9. The van der Waals surface area contributed by atoms with Gasteiger partial charge in [-0.05, 0) is 82.6 Å². The Kier molecular flexibility index (Phi) is 9.58. The SMILES string of the molecule is CCC(C)C(NC(=O)OC(C)(C)C)C(=O)N(C1CCC1)C(C(=O)Nc1ccccc1C)c1ccccc1C. The lowest BCUT2D eigenvalue weighted by Gasteiger charge is -2.44. The molecule has 38 heavy (non-hydrogen) atoms. The predicted octanol–water partition coefficient (Wildman–Crippen LogP) is 6.30. The third-order valence-electron chi connectivity index (χ3n) is 7.29. The molecule has 7 heteroatoms. The lowest BCUT2D eigenvalue weighted by atomic mass is 9.86. The molecule has 3 atom stereocenters. The molecule has 3 rings (SSSR count). The molecule has 2 aromatic carbocycles. The number of nitrogens with one attached hydrogen (secondary N) is 2. The van der Waals surface area contributed by atoms with Crippen LogP contribution in [0, 0.1) is 19.8 Å². The van der Waals surface area contributed by atoms with Gasteiger partial charge in [0.25, 0.3) is 5.91 Å². The summed E-state index contributed by atoms with van der Waals surface area (Å²) in [6, 6.07) is 13.5. The van der Waals surface area contributed by atoms with E-state index in [-0.39, 0.29) is 23.8 Å². The molecular weight excluding hydrogens is 478 g/mol. The first-order chi connectivity index (χ1) is 17.9. The Labute approximate surface area is 227 Å². The first kappa shape index (κ1) is 29.2. The molecule has 1 fully saturated rings. The van der Waals surface area contributed by atoms with Gasteiger partial charge in [-0.1, -0.05) is 62.7 Å². The number of hydrogen-bond donors (Lipinski definition) is 2. The van der Waals surface area contributed by atoms with Gasteiger partial charge in [0.05, 0.1) is 0 Å². The summed E-state index contributed by atoms with van der Waals surface area (Å²) < 4.78 is 5.50. The second kappa shape index (κ2) is 12.5. The van der Waals surface area contributed by atoms with E-state index < -0.39 is 23.8 Å². The molecule has 0 saturated heterocycles. The molecule has 2 N–H and O–H groups in total. The van der Waals surface area contributed by atoms with Crippen molar-refractivity contribution in [2.45, 2.75) is 97.9 Å². The number of alkyl carbamates (subject to hydrolysis) is 1. The zero-order valence-corrected chi connectivity index (χ0v) is 23.8. The molecule has 3 amide bonds. The average molecular weight is 522 g/mol. The number of aryl methyl sites for hydroxylation is 2. The molecule has 0 spiro atoms. The Balaban J connectivity index is 2.05. The Morgan fingerprint density at radius 2 is 1.61 bits per heavy atom. The highest BCUT2D eigenvalue weighted by atomic mass is 16.6. The number of hydrogen-bond acceptors (Lipinski definition) is 4. The first-order valence-corrected chi connectivity index (χ1v) is 13.7. The van der Waals surface area contributed by atoms with Crippen molar-refractivity contribution in [3.63, 3.8) is 0 Å². The van der Waals surface area contributed by atoms with Crippen LogP contribution in [0.4, 0.5) is 10.5 Å². The quantitative estimate of drug-likeness (QED) is 0.405. The molecule has 1 aliphatic carbocycles. The lowest BCUT2D eigenvalue weighted by Crippen LogP contribution is -2.58. The highest BCUT2D eigenvalue weighted by Crippen LogP contribution is 2.36. The Bertz CT molecular complexity index is 1140. The van der Waals surface area contributed by atoms with Gasteiger partial charge in [0.1, 0.15) is 17.7 Å². The normalized spacial score (nSPS) is 16.0. The summed E-state index contributed by atoms with van der Waals surface area (Å²) in [5.41, 5.74) is 2.66. The molecule has 2 aromatic rings. The highest BCUT2D eigenvalue weighted by molar-refractivity contribution is 5.99. The number of ether oxygens (including phenoxy) is 1. The number of carbonyl (C=O) groups is 3. The molecule has 3 unspecified atom stereocenters. The fraction of sp³-hybridized carbons (Fsp3) is 0.516. The van der Waals surface area contributed by atoms with E-state index >= 15 is 0 Å². The third kappa shape index (κ3) is 7.15. The van der Waals surface area contributed by atoms with E-state index in [9.17, 15) is 14.4 Å². The maximum Gasteiger partial charge on any atom is 0.408 e. The smallest absolute Gasteiger partial charge is 0.408 e. The van der Waals surface area contributed by atoms with E-state index in [0.717, 1.165) is 36.0 Å². The summed E-state index contributed by atoms with van der Waals surface area (Å²) in [6.45, 7) is 13.2. The van der Waals surface area contributed by atoms with Crippen molar-refractivity contribution in [2.75, 3.05) is 5.32 Å². The van der Waals surface area contributed by atoms with Crippen LogP contribution in [0.5, 0.6) is 0 Å². The molecule has 206 valence electrons. The van der Waals surface area contributed by atoms with Crippen molar-refractivity contribution in [1.29, 1.82) is 0 Å². The zero-order chi connectivity index (χ0) is 28.0. The van der Waals surface area contributed by atoms with Gasteiger partial charge in [-0.2, -0.15) is 0 Å². The summed E-state index contributed by atoms with van der Waals surface area (Å²) in [5.74, 6) is -0.688. The fourth-order valence-electron chi connectivity index (χ4n) is 4.69. The minimum atomic E-state index is -0.847. The summed E-state index contributed by atoms with van der Waals surface area (Å²) in [5, 5.41) is 5.93. The van der Waals surface area contributed by atoms with Crippen molar-refractivity contribution in [3.8, 4) is 0 Å². The van der Waals surface area contributed by atoms with Crippen LogP contribution in [-0.4, -0.2) is 40.5 Å². The molecule has 0 radical (unpaired) electrons. The number of amides is 3. The van der Waals surface area contributed by atoms with Crippen LogP contribution in [0.3, 0.4) is 0 Å². The lowest BCUT2D eigenvalue weighted by molar-refractivity contribution is -0.147. The van der Waals surface area contributed by atoms with Gasteiger partial charge < -0.3 is 20.3 Å². The van der Waals surface area contributed by atoms with Gasteiger partial charge >= 0.3 is 6.09 Å². The fourth-order valence-corrected chi connectivity index (χ4v) is 4.69. The van der Waals surface area contributed by atoms with E-state index in [4.69, 9.17) is 4.74 Å². The largest absolute Gasteiger partial charge is 0.444 e. The summed E-state index contributed by atoms with van der Waals surface area (Å²) >= 11 is 0. The average Bonchev–Trinajstić information content (AvgIpc) is 2.81. The van der Waals surface area contributed by atoms with E-state index in [0.29, 0.717) is 12.1 Å². The molecule has 0 heterocycles. The molecular formula is C31H43N3O4. The minimum absolute atomic E-state index is 0.0956. The number of carbonyl (C=O) groups excluding carboxylic acids is 3. The maximum absolute atomic E-state index is 14.4. The van der Waals surface area contributed by atoms with Gasteiger partial charge in [-0.25, -0.2) is 4.79 Å². The van der Waals surface area contributed by atoms with Crippen molar-refractivity contribution in [2.24, 2.45) is 5.92 Å². The van der Waals surface area contributed by atoms with Crippen LogP contribution in [0.25, 0.3) is 0 Å². The zero-order valence-electron chi connectivity index (χ0n) is 23.8. The Hall–Kier alpha value is -3.35. The van der Waals surface area contributed by atoms with Crippen molar-refractivity contribution >= 4 is 23.6 Å². The second-order valence-corrected chi connectivity index (χ2v) is 11.4. The van der Waals surface area contributed by atoms with Crippen LogP contribution in [0.2, 0.25) is 0 Å². The maximum atomic E-state index is 14.4. The van der Waals surface area contributed by atoms with Gasteiger partial charge in [0.15, 0.2) is 0 Å². The van der Waals surface area contributed by atoms with Crippen LogP contribution < -0.4 is 10.6 Å². The van der Waals surface area contributed by atoms with Crippen LogP contribution in [-0.2, 0) is 14.3 Å². The van der Waals surface area contributed by atoms with Crippen LogP contribution in [0.1, 0.15) is 83.0 Å². The number of benzene rings is 2. The minimum Gasteiger partial charge on any atom is -0.444 e. The second-order valence-electron chi connectivity index (χ2n) is 11.4. The summed E-state index contributed by atoms with van der Waals surface area (Å²) in [6.07, 6.45) is 2.65. The number of nitrogens with zero attached hydrogens (tertiary/aromatic N) is 1. The molecule has 7 nitrogen and oxygen atoms in total. The predicted molar refractivity (Wildman–Crippen MR) is 151 cm³/mol. The summed E-state index contributed by atoms with van der Waals surface area (Å²) in [4.78, 5) is 43.0. The van der Waals surface area contributed by atoms with Crippen molar-refractivity contribution in [3.05, 3.63) is 65.2 Å². The van der Waals surface area contributed by atoms with Crippen molar-refractivity contribution < 1.29 is 19.1 Å². The van der Waals surface area contributed by atoms with E-state index in [1.54, 1.807) is 25.7 Å². The first-order valence-electron chi connectivity index (χ1n) is 13.7. The van der Waals surface area contributed by atoms with Crippen LogP contribution >= 0.6 is 0 Å². The summed E-state index contributed by atoms with van der Waals surface area (Å²) in [7, 11) is 0. The molecule has 1 aliphatic rings. The molecule has 1 saturated carbocycles. The van der Waals surface area contributed by atoms with E-state index in [1.807, 2.05) is 76.2 Å². The Morgan fingerprint density at radius 1 is 1.00 bits per heavy atom. The number of anilines is 1. The third-order valence-corrected chi connectivity index (χ3v) is 7.29. The topological polar surface area (TPSA) is 87.7 Å². The monoisotopic (exact) mass is 521 g/mol. The molecule has 0 aromatic heterocycles. The Morgan fingerprint density at radius 3 is 2.13 bits per heavy atom. The standard InChI is InChI=1S/C31H43N3O4/c1-8-20(2)26(33-30(37)38-31(5,6)7)29(36)34(23-16-13-17-23)27(24-18-11-9-14-21(24)3)28(35)32-25-19-12-10-15-22(25)4/h9-12,14-15,18-20,23,26-27H,8,13,16-17H2,1-7H3,(H,32,35)(H,33,37). The van der Waals surface area contributed by atoms with E-state index in [1.165, 1.54) is 0 Å². The van der Waals surface area contributed by atoms with E-state index in [2.05, 4.69) is 10.6 Å². The van der Waals surface area contributed by atoms with Gasteiger partial charge in [-0.3, -0.25) is 9.59 Å². The molecule has 0 aliphatic heterocycles. The highest BCUT2D eigenvalue weighted by Gasteiger charge is 2.43. The van der Waals surface area contributed by atoms with Gasteiger partial charge in [0, 0.05) is 11.7 Å². The van der Waals surface area contributed by atoms with Crippen LogP contribution in [0.15, 0.2) is 48.5 Å². The van der Waals surface area contributed by atoms with Crippen molar-refractivity contribution in [1.82, 2.24) is 10.2 Å². The molecule has 0 bridgehead atoms. The number of para-hydroxylation sites is 1.